The van der Waals surface area contributed by atoms with Crippen molar-refractivity contribution in [2.45, 2.75) is 26.8 Å². The van der Waals surface area contributed by atoms with Crippen LogP contribution in [0.2, 0.25) is 0 Å². The number of benzene rings is 1. The highest BCUT2D eigenvalue weighted by molar-refractivity contribution is 5.93. The molecule has 0 fully saturated rings. The first kappa shape index (κ1) is 23.1. The highest BCUT2D eigenvalue weighted by atomic mass is 16.5. The van der Waals surface area contributed by atoms with Gasteiger partial charge in [-0.15, -0.1) is 0 Å². The Hall–Kier alpha value is -3.52. The average molecular weight is 437 g/mol. The highest BCUT2D eigenvalue weighted by Gasteiger charge is 2.21. The van der Waals surface area contributed by atoms with Gasteiger partial charge in [0.2, 0.25) is 5.91 Å². The predicted molar refractivity (Wildman–Crippen MR) is 120 cm³/mol. The molecule has 8 heteroatoms. The van der Waals surface area contributed by atoms with Crippen molar-refractivity contribution in [2.75, 3.05) is 26.8 Å². The third-order valence-corrected chi connectivity index (χ3v) is 5.09. The third-order valence-electron chi connectivity index (χ3n) is 5.09. The molecule has 0 saturated heterocycles. The van der Waals surface area contributed by atoms with Gasteiger partial charge in [0.1, 0.15) is 0 Å². The molecule has 3 aromatic rings. The molecular weight excluding hydrogens is 408 g/mol. The number of carbonyl (C=O) groups excluding carboxylic acids is 2. The number of rotatable bonds is 10. The molecule has 1 aromatic carbocycles. The van der Waals surface area contributed by atoms with Crippen LogP contribution < -0.4 is 5.32 Å². The van der Waals surface area contributed by atoms with Crippen molar-refractivity contribution >= 4 is 11.8 Å². The lowest BCUT2D eigenvalue weighted by molar-refractivity contribution is -0.121. The summed E-state index contributed by atoms with van der Waals surface area (Å²) in [6.45, 7) is 5.34. The van der Waals surface area contributed by atoms with Gasteiger partial charge >= 0.3 is 0 Å². The van der Waals surface area contributed by atoms with Crippen LogP contribution in [0.15, 0.2) is 53.3 Å². The van der Waals surface area contributed by atoms with Crippen LogP contribution in [-0.2, 0) is 16.1 Å². The molecule has 0 unspecified atom stereocenters. The average Bonchev–Trinajstić information content (AvgIpc) is 3.29. The zero-order valence-corrected chi connectivity index (χ0v) is 18.6. The summed E-state index contributed by atoms with van der Waals surface area (Å²) in [5.74, 6) is 0.0916. The molecule has 2 amide bonds. The van der Waals surface area contributed by atoms with Gasteiger partial charge in [-0.1, -0.05) is 22.9 Å². The van der Waals surface area contributed by atoms with E-state index in [9.17, 15) is 9.59 Å². The van der Waals surface area contributed by atoms with Gasteiger partial charge < -0.3 is 19.5 Å². The summed E-state index contributed by atoms with van der Waals surface area (Å²) in [5.41, 5.74) is 4.19. The minimum absolute atomic E-state index is 0.145. The lowest BCUT2D eigenvalue weighted by Crippen LogP contribution is -2.37. The maximum atomic E-state index is 13.0. The van der Waals surface area contributed by atoms with E-state index in [1.54, 1.807) is 30.5 Å². The van der Waals surface area contributed by atoms with Gasteiger partial charge in [-0.05, 0) is 43.2 Å². The van der Waals surface area contributed by atoms with E-state index >= 15 is 0 Å². The van der Waals surface area contributed by atoms with Gasteiger partial charge in [-0.3, -0.25) is 14.6 Å². The van der Waals surface area contributed by atoms with Crippen LogP contribution in [0.5, 0.6) is 0 Å². The number of nitrogens with one attached hydrogen (secondary N) is 1. The summed E-state index contributed by atoms with van der Waals surface area (Å²) in [6, 6.07) is 11.4. The number of aryl methyl sites for hydroxylation is 2. The maximum Gasteiger partial charge on any atom is 0.276 e. The number of methoxy groups -OCH3 is 1. The first-order valence-electron chi connectivity index (χ1n) is 10.5. The standard InChI is InChI=1S/C24H28N4O4/c1-17-4-5-18(2)20(14-17)22-15-21(27-32-22)24(30)28(12-13-31-3)11-8-23(29)26-16-19-6-9-25-10-7-19/h4-7,9-10,14-15H,8,11-13,16H2,1-3H3,(H,26,29). The molecule has 32 heavy (non-hydrogen) atoms. The molecule has 8 nitrogen and oxygen atoms in total. The second kappa shape index (κ2) is 11.2. The van der Waals surface area contributed by atoms with Gasteiger partial charge in [0.25, 0.3) is 5.91 Å². The van der Waals surface area contributed by atoms with Crippen molar-refractivity contribution in [3.63, 3.8) is 0 Å². The zero-order valence-electron chi connectivity index (χ0n) is 18.6. The van der Waals surface area contributed by atoms with Gasteiger partial charge in [-0.2, -0.15) is 0 Å². The molecule has 0 bridgehead atoms. The number of ether oxygens (including phenoxy) is 1. The van der Waals surface area contributed by atoms with Crippen molar-refractivity contribution in [3.05, 3.63) is 71.2 Å². The quantitative estimate of drug-likeness (QED) is 0.524. The number of pyridine rings is 1. The topological polar surface area (TPSA) is 97.6 Å². The molecule has 0 aliphatic carbocycles. The van der Waals surface area contributed by atoms with E-state index in [0.717, 1.165) is 22.3 Å². The van der Waals surface area contributed by atoms with Crippen molar-refractivity contribution in [2.24, 2.45) is 0 Å². The van der Waals surface area contributed by atoms with Crippen LogP contribution in [0.3, 0.4) is 0 Å². The lowest BCUT2D eigenvalue weighted by atomic mass is 10.0. The third kappa shape index (κ3) is 6.24. The van der Waals surface area contributed by atoms with Gasteiger partial charge in [0, 0.05) is 57.2 Å². The van der Waals surface area contributed by atoms with Crippen LogP contribution in [0.1, 0.15) is 33.6 Å². The Morgan fingerprint density at radius 2 is 1.88 bits per heavy atom. The number of amides is 2. The number of hydrogen-bond acceptors (Lipinski definition) is 6. The zero-order chi connectivity index (χ0) is 22.9. The van der Waals surface area contributed by atoms with Gasteiger partial charge in [-0.25, -0.2) is 0 Å². The fraction of sp³-hybridized carbons (Fsp3) is 0.333. The number of hydrogen-bond donors (Lipinski definition) is 1. The van der Waals surface area contributed by atoms with E-state index in [-0.39, 0.29) is 30.5 Å². The molecule has 0 radical (unpaired) electrons. The largest absolute Gasteiger partial charge is 0.383 e. The number of aromatic nitrogens is 2. The number of nitrogens with zero attached hydrogens (tertiary/aromatic N) is 3. The Morgan fingerprint density at radius 1 is 1.09 bits per heavy atom. The fourth-order valence-corrected chi connectivity index (χ4v) is 3.21. The Kier molecular flexibility index (Phi) is 8.10. The van der Waals surface area contributed by atoms with Crippen LogP contribution >= 0.6 is 0 Å². The first-order chi connectivity index (χ1) is 15.5. The molecule has 0 atom stereocenters. The predicted octanol–water partition coefficient (Wildman–Crippen LogP) is 3.15. The van der Waals surface area contributed by atoms with Crippen molar-refractivity contribution in [1.82, 2.24) is 20.4 Å². The summed E-state index contributed by atoms with van der Waals surface area (Å²) < 4.78 is 10.6. The summed E-state index contributed by atoms with van der Waals surface area (Å²) >= 11 is 0. The summed E-state index contributed by atoms with van der Waals surface area (Å²) in [6.07, 6.45) is 3.52. The second-order valence-corrected chi connectivity index (χ2v) is 7.56. The minimum atomic E-state index is -0.302. The maximum absolute atomic E-state index is 13.0. The van der Waals surface area contributed by atoms with E-state index in [4.69, 9.17) is 9.26 Å². The van der Waals surface area contributed by atoms with E-state index in [1.165, 1.54) is 0 Å². The first-order valence-corrected chi connectivity index (χ1v) is 10.5. The van der Waals surface area contributed by atoms with Crippen LogP contribution in [0.25, 0.3) is 11.3 Å². The van der Waals surface area contributed by atoms with Crippen LogP contribution in [0, 0.1) is 13.8 Å². The molecule has 0 aliphatic heterocycles. The molecule has 0 saturated carbocycles. The molecule has 0 aliphatic rings. The normalized spacial score (nSPS) is 10.7. The molecule has 0 spiro atoms. The van der Waals surface area contributed by atoms with E-state index in [1.807, 2.05) is 44.2 Å². The molecular formula is C24H28N4O4. The summed E-state index contributed by atoms with van der Waals surface area (Å²) in [5, 5.41) is 6.84. The van der Waals surface area contributed by atoms with Crippen molar-refractivity contribution in [1.29, 1.82) is 0 Å². The van der Waals surface area contributed by atoms with Crippen LogP contribution in [0.4, 0.5) is 0 Å². The summed E-state index contributed by atoms with van der Waals surface area (Å²) in [4.78, 5) is 30.8. The fourth-order valence-electron chi connectivity index (χ4n) is 3.21. The highest BCUT2D eigenvalue weighted by Crippen LogP contribution is 2.25. The smallest absolute Gasteiger partial charge is 0.276 e. The SMILES string of the molecule is COCCN(CCC(=O)NCc1ccncc1)C(=O)c1cc(-c2cc(C)ccc2C)on1. The van der Waals surface area contributed by atoms with Crippen molar-refractivity contribution < 1.29 is 18.8 Å². The minimum Gasteiger partial charge on any atom is -0.383 e. The van der Waals surface area contributed by atoms with Crippen LogP contribution in [-0.4, -0.2) is 53.7 Å². The molecule has 168 valence electrons. The lowest BCUT2D eigenvalue weighted by Gasteiger charge is -2.21. The molecule has 1 N–H and O–H groups in total. The van der Waals surface area contributed by atoms with E-state index in [0.29, 0.717) is 25.5 Å². The molecule has 2 heterocycles. The van der Waals surface area contributed by atoms with Gasteiger partial charge in [0.05, 0.1) is 6.61 Å². The molecule has 3 rings (SSSR count). The van der Waals surface area contributed by atoms with Crippen molar-refractivity contribution in [3.8, 4) is 11.3 Å². The Bertz CT molecular complexity index is 1050. The Morgan fingerprint density at radius 3 is 2.62 bits per heavy atom. The van der Waals surface area contributed by atoms with E-state index < -0.39 is 0 Å². The second-order valence-electron chi connectivity index (χ2n) is 7.56. The monoisotopic (exact) mass is 436 g/mol. The molecule has 2 aromatic heterocycles. The van der Waals surface area contributed by atoms with Gasteiger partial charge in [0.15, 0.2) is 11.5 Å². The summed E-state index contributed by atoms with van der Waals surface area (Å²) in [7, 11) is 1.57. The number of carbonyl (C=O) groups is 2. The van der Waals surface area contributed by atoms with E-state index in [2.05, 4.69) is 15.5 Å². The Labute approximate surface area is 187 Å². The Balaban J connectivity index is 1.63.